The Kier molecular flexibility index (Phi) is 2.24. The first-order valence-corrected chi connectivity index (χ1v) is 4.58. The molecule has 0 spiro atoms. The number of nitro groups is 1. The first-order chi connectivity index (χ1) is 7.50. The Morgan fingerprint density at radius 1 is 1.56 bits per heavy atom. The zero-order valence-electron chi connectivity index (χ0n) is 8.51. The highest BCUT2D eigenvalue weighted by Crippen LogP contribution is 2.26. The summed E-state index contributed by atoms with van der Waals surface area (Å²) in [5.74, 6) is -0.329. The lowest BCUT2D eigenvalue weighted by Gasteiger charge is -2.32. The number of nitrogens with zero attached hydrogens (tertiary/aromatic N) is 2. The van der Waals surface area contributed by atoms with Crippen LogP contribution >= 0.6 is 0 Å². The van der Waals surface area contributed by atoms with Gasteiger partial charge in [-0.2, -0.15) is 0 Å². The molecule has 1 atom stereocenters. The molecule has 84 valence electrons. The van der Waals surface area contributed by atoms with Gasteiger partial charge in [0.1, 0.15) is 0 Å². The molecule has 16 heavy (non-hydrogen) atoms. The molecule has 1 unspecified atom stereocenters. The zero-order valence-corrected chi connectivity index (χ0v) is 8.51. The molecule has 0 bridgehead atoms. The molecule has 1 aromatic rings. The number of hydrogen-bond acceptors (Lipinski definition) is 5. The molecule has 1 heterocycles. The molecule has 0 saturated carbocycles. The molecule has 2 rings (SSSR count). The van der Waals surface area contributed by atoms with Crippen molar-refractivity contribution in [2.75, 3.05) is 12.4 Å². The van der Waals surface area contributed by atoms with Crippen LogP contribution in [0.4, 0.5) is 11.4 Å². The topological polar surface area (TPSA) is 102 Å². The number of carbonyl (C=O) groups excluding carboxylic acids is 1. The SMILES string of the molecule is CN1C(=O)c2cc([N+](=O)[O-])ccc2NC1N. The van der Waals surface area contributed by atoms with E-state index in [1.165, 1.54) is 30.1 Å². The quantitative estimate of drug-likeness (QED) is 0.526. The molecular formula is C9H10N4O3. The Balaban J connectivity index is 2.51. The van der Waals surface area contributed by atoms with Gasteiger partial charge in [0.15, 0.2) is 6.29 Å². The van der Waals surface area contributed by atoms with E-state index in [0.717, 1.165) is 0 Å². The van der Waals surface area contributed by atoms with Gasteiger partial charge in [-0.05, 0) is 6.07 Å². The molecule has 7 heteroatoms. The van der Waals surface area contributed by atoms with E-state index < -0.39 is 11.2 Å². The lowest BCUT2D eigenvalue weighted by Crippen LogP contribution is -2.51. The lowest BCUT2D eigenvalue weighted by molar-refractivity contribution is -0.384. The summed E-state index contributed by atoms with van der Waals surface area (Å²) in [7, 11) is 1.53. The lowest BCUT2D eigenvalue weighted by atomic mass is 10.1. The van der Waals surface area contributed by atoms with E-state index in [2.05, 4.69) is 5.32 Å². The van der Waals surface area contributed by atoms with Gasteiger partial charge < -0.3 is 10.2 Å². The van der Waals surface area contributed by atoms with E-state index in [-0.39, 0.29) is 17.2 Å². The summed E-state index contributed by atoms with van der Waals surface area (Å²) in [6.07, 6.45) is -0.610. The van der Waals surface area contributed by atoms with E-state index in [0.29, 0.717) is 5.69 Å². The van der Waals surface area contributed by atoms with Crippen molar-refractivity contribution in [3.63, 3.8) is 0 Å². The van der Waals surface area contributed by atoms with Crippen molar-refractivity contribution in [2.45, 2.75) is 6.29 Å². The number of hydrogen-bond donors (Lipinski definition) is 2. The fraction of sp³-hybridized carbons (Fsp3) is 0.222. The number of amides is 1. The maximum atomic E-state index is 11.8. The van der Waals surface area contributed by atoms with Crippen LogP contribution in [0, 0.1) is 10.1 Å². The minimum atomic E-state index is -0.610. The average molecular weight is 222 g/mol. The molecule has 7 nitrogen and oxygen atoms in total. The summed E-state index contributed by atoms with van der Waals surface area (Å²) in [6, 6.07) is 4.06. The minimum Gasteiger partial charge on any atom is -0.352 e. The highest BCUT2D eigenvalue weighted by Gasteiger charge is 2.28. The van der Waals surface area contributed by atoms with E-state index in [4.69, 9.17) is 5.73 Å². The van der Waals surface area contributed by atoms with Crippen LogP contribution in [0.2, 0.25) is 0 Å². The maximum absolute atomic E-state index is 11.8. The van der Waals surface area contributed by atoms with Gasteiger partial charge in [0.05, 0.1) is 16.2 Å². The number of benzene rings is 1. The minimum absolute atomic E-state index is 0.113. The third kappa shape index (κ3) is 1.47. The highest BCUT2D eigenvalue weighted by atomic mass is 16.6. The Hall–Kier alpha value is -2.15. The van der Waals surface area contributed by atoms with Crippen LogP contribution in [0.5, 0.6) is 0 Å². The van der Waals surface area contributed by atoms with Crippen LogP contribution in [0.1, 0.15) is 10.4 Å². The molecule has 0 fully saturated rings. The predicted molar refractivity (Wildman–Crippen MR) is 56.8 cm³/mol. The van der Waals surface area contributed by atoms with Gasteiger partial charge in [0, 0.05) is 19.2 Å². The molecule has 1 aliphatic rings. The van der Waals surface area contributed by atoms with Gasteiger partial charge >= 0.3 is 0 Å². The number of non-ortho nitro benzene ring substituents is 1. The Morgan fingerprint density at radius 3 is 2.88 bits per heavy atom. The summed E-state index contributed by atoms with van der Waals surface area (Å²) in [4.78, 5) is 23.1. The second-order valence-electron chi connectivity index (χ2n) is 3.49. The van der Waals surface area contributed by atoms with Crippen molar-refractivity contribution in [3.05, 3.63) is 33.9 Å². The summed E-state index contributed by atoms with van der Waals surface area (Å²) >= 11 is 0. The first kappa shape index (κ1) is 10.4. The van der Waals surface area contributed by atoms with Crippen LogP contribution in [0.3, 0.4) is 0 Å². The summed E-state index contributed by atoms with van der Waals surface area (Å²) < 4.78 is 0. The third-order valence-electron chi connectivity index (χ3n) is 2.49. The smallest absolute Gasteiger partial charge is 0.270 e. The van der Waals surface area contributed by atoms with Crippen molar-refractivity contribution in [2.24, 2.45) is 5.73 Å². The normalized spacial score (nSPS) is 19.0. The van der Waals surface area contributed by atoms with E-state index in [1.54, 1.807) is 0 Å². The molecule has 0 aromatic heterocycles. The zero-order chi connectivity index (χ0) is 11.9. The van der Waals surface area contributed by atoms with Crippen molar-refractivity contribution < 1.29 is 9.72 Å². The molecule has 1 aromatic carbocycles. The van der Waals surface area contributed by atoms with Crippen LogP contribution in [0.25, 0.3) is 0 Å². The number of carbonyl (C=O) groups is 1. The molecular weight excluding hydrogens is 212 g/mol. The number of fused-ring (bicyclic) bond motifs is 1. The van der Waals surface area contributed by atoms with Gasteiger partial charge in [-0.3, -0.25) is 20.6 Å². The number of nitrogens with one attached hydrogen (secondary N) is 1. The van der Waals surface area contributed by atoms with E-state index >= 15 is 0 Å². The highest BCUT2D eigenvalue weighted by molar-refractivity contribution is 6.02. The number of nitro benzene ring substituents is 1. The van der Waals surface area contributed by atoms with Crippen LogP contribution in [-0.2, 0) is 0 Å². The largest absolute Gasteiger partial charge is 0.352 e. The van der Waals surface area contributed by atoms with Crippen molar-refractivity contribution in [1.29, 1.82) is 0 Å². The molecule has 0 aliphatic carbocycles. The van der Waals surface area contributed by atoms with Crippen LogP contribution in [0.15, 0.2) is 18.2 Å². The van der Waals surface area contributed by atoms with E-state index in [9.17, 15) is 14.9 Å². The second kappa shape index (κ2) is 3.46. The molecule has 3 N–H and O–H groups in total. The number of rotatable bonds is 1. The second-order valence-corrected chi connectivity index (χ2v) is 3.49. The van der Waals surface area contributed by atoms with Crippen LogP contribution < -0.4 is 11.1 Å². The summed E-state index contributed by atoms with van der Waals surface area (Å²) in [6.45, 7) is 0. The molecule has 1 aliphatic heterocycles. The fourth-order valence-corrected chi connectivity index (χ4v) is 1.52. The van der Waals surface area contributed by atoms with Gasteiger partial charge in [-0.25, -0.2) is 0 Å². The first-order valence-electron chi connectivity index (χ1n) is 4.58. The predicted octanol–water partition coefficient (Wildman–Crippen LogP) is 0.335. The summed E-state index contributed by atoms with van der Waals surface area (Å²) in [5.41, 5.74) is 6.31. The number of nitrogens with two attached hydrogens (primary N) is 1. The van der Waals surface area contributed by atoms with Gasteiger partial charge in [-0.15, -0.1) is 0 Å². The average Bonchev–Trinajstić information content (AvgIpc) is 2.25. The van der Waals surface area contributed by atoms with Gasteiger partial charge in [0.2, 0.25) is 0 Å². The van der Waals surface area contributed by atoms with Gasteiger partial charge in [-0.1, -0.05) is 0 Å². The van der Waals surface area contributed by atoms with Crippen LogP contribution in [-0.4, -0.2) is 29.1 Å². The Labute approximate surface area is 91.0 Å². The number of anilines is 1. The molecule has 1 amide bonds. The van der Waals surface area contributed by atoms with E-state index in [1.807, 2.05) is 0 Å². The maximum Gasteiger partial charge on any atom is 0.270 e. The van der Waals surface area contributed by atoms with Crippen molar-refractivity contribution in [1.82, 2.24) is 4.90 Å². The Bertz CT molecular complexity index is 474. The molecule has 0 radical (unpaired) electrons. The standard InChI is InChI=1S/C9H10N4O3/c1-12-8(14)6-4-5(13(15)16)2-3-7(6)11-9(12)10/h2-4,9,11H,10H2,1H3. The summed E-state index contributed by atoms with van der Waals surface area (Å²) in [5, 5.41) is 13.4. The Morgan fingerprint density at radius 2 is 2.25 bits per heavy atom. The van der Waals surface area contributed by atoms with Crippen molar-refractivity contribution in [3.8, 4) is 0 Å². The third-order valence-corrected chi connectivity index (χ3v) is 2.49. The van der Waals surface area contributed by atoms with Gasteiger partial charge in [0.25, 0.3) is 11.6 Å². The monoisotopic (exact) mass is 222 g/mol. The molecule has 0 saturated heterocycles. The fourth-order valence-electron chi connectivity index (χ4n) is 1.52. The van der Waals surface area contributed by atoms with Crippen molar-refractivity contribution >= 4 is 17.3 Å².